The van der Waals surface area contributed by atoms with Gasteiger partial charge in [0.1, 0.15) is 6.61 Å². The molecule has 0 aromatic heterocycles. The van der Waals surface area contributed by atoms with Crippen LogP contribution in [0, 0.1) is 12.8 Å². The Bertz CT molecular complexity index is 2610. The summed E-state index contributed by atoms with van der Waals surface area (Å²) in [5.74, 6) is 0.194. The van der Waals surface area contributed by atoms with E-state index < -0.39 is 0 Å². The number of allylic oxidation sites excluding steroid dienone is 4. The van der Waals surface area contributed by atoms with E-state index in [1.165, 1.54) is 90.9 Å². The smallest absolute Gasteiger partial charge is 0.293 e. The lowest BCUT2D eigenvalue weighted by Gasteiger charge is -2.46. The van der Waals surface area contributed by atoms with Crippen molar-refractivity contribution in [3.63, 3.8) is 0 Å². The summed E-state index contributed by atoms with van der Waals surface area (Å²) >= 11 is 0. The molecule has 8 rings (SSSR count). The molecule has 1 unspecified atom stereocenters. The van der Waals surface area contributed by atoms with Gasteiger partial charge in [-0.15, -0.1) is 0 Å². The number of ether oxygens (including phenoxy) is 1. The lowest BCUT2D eigenvalue weighted by atomic mass is 9.35. The molecule has 2 aliphatic carbocycles. The van der Waals surface area contributed by atoms with Crippen LogP contribution in [0.5, 0.6) is 0 Å². The lowest BCUT2D eigenvalue weighted by molar-refractivity contribution is 0.266. The number of nitrogens with one attached hydrogen (secondary N) is 1. The molecule has 3 nitrogen and oxygen atoms in total. The highest BCUT2D eigenvalue weighted by Gasteiger charge is 2.46. The Balaban J connectivity index is 1.53. The van der Waals surface area contributed by atoms with Crippen molar-refractivity contribution in [3.05, 3.63) is 135 Å². The molecule has 2 aliphatic heterocycles. The highest BCUT2D eigenvalue weighted by molar-refractivity contribution is 6.94. The van der Waals surface area contributed by atoms with Crippen LogP contribution in [0.15, 0.2) is 95.7 Å². The molecule has 4 aromatic carbocycles. The minimum absolute atomic E-state index is 0.0264. The third-order valence-corrected chi connectivity index (χ3v) is 16.1. The second kappa shape index (κ2) is 15.6. The molecule has 1 atom stereocenters. The second-order valence-corrected chi connectivity index (χ2v) is 25.1. The third kappa shape index (κ3) is 8.12. The van der Waals surface area contributed by atoms with Gasteiger partial charge in [0.15, 0.2) is 0 Å². The van der Waals surface area contributed by atoms with Crippen molar-refractivity contribution < 1.29 is 4.74 Å². The van der Waals surface area contributed by atoms with Gasteiger partial charge in [-0.1, -0.05) is 146 Å². The van der Waals surface area contributed by atoms with E-state index in [0.717, 1.165) is 29.9 Å². The van der Waals surface area contributed by atoms with E-state index >= 15 is 0 Å². The minimum Gasteiger partial charge on any atom is -0.503 e. The van der Waals surface area contributed by atoms with Crippen LogP contribution in [-0.4, -0.2) is 13.3 Å². The molecule has 4 aromatic rings. The van der Waals surface area contributed by atoms with Crippen molar-refractivity contribution in [1.82, 2.24) is 0 Å². The van der Waals surface area contributed by atoms with Crippen molar-refractivity contribution in [1.29, 1.82) is 0 Å². The molecule has 0 saturated carbocycles. The van der Waals surface area contributed by atoms with E-state index in [0.29, 0.717) is 6.61 Å². The van der Waals surface area contributed by atoms with Gasteiger partial charge in [-0.3, -0.25) is 0 Å². The number of anilines is 5. The largest absolute Gasteiger partial charge is 0.503 e. The lowest BCUT2D eigenvalue weighted by Crippen LogP contribution is -2.54. The third-order valence-electron chi connectivity index (χ3n) is 16.1. The predicted molar refractivity (Wildman–Crippen MR) is 279 cm³/mol. The highest BCUT2D eigenvalue weighted by atomic mass is 16.5. The van der Waals surface area contributed by atoms with E-state index in [-0.39, 0.29) is 45.1 Å². The van der Waals surface area contributed by atoms with Gasteiger partial charge in [0, 0.05) is 28.4 Å². The van der Waals surface area contributed by atoms with Gasteiger partial charge in [0.2, 0.25) is 0 Å². The average molecular weight is 855 g/mol. The maximum atomic E-state index is 7.24. The molecule has 0 radical (unpaired) electrons. The molecule has 2 heterocycles. The van der Waals surface area contributed by atoms with Crippen LogP contribution >= 0.6 is 0 Å². The monoisotopic (exact) mass is 855 g/mol. The van der Waals surface area contributed by atoms with Gasteiger partial charge >= 0.3 is 0 Å². The maximum Gasteiger partial charge on any atom is 0.293 e. The molecule has 338 valence electrons. The quantitative estimate of drug-likeness (QED) is 0.207. The first-order valence-corrected chi connectivity index (χ1v) is 24.5. The van der Waals surface area contributed by atoms with Gasteiger partial charge in [0.25, 0.3) is 6.71 Å². The summed E-state index contributed by atoms with van der Waals surface area (Å²) < 4.78 is 7.24. The topological polar surface area (TPSA) is 24.5 Å². The predicted octanol–water partition coefficient (Wildman–Crippen LogP) is 15.4. The molecular formula is C60H79BN2O. The zero-order chi connectivity index (χ0) is 46.7. The van der Waals surface area contributed by atoms with Gasteiger partial charge in [-0.25, -0.2) is 0 Å². The summed E-state index contributed by atoms with van der Waals surface area (Å²) in [7, 11) is 0. The molecule has 0 fully saturated rings. The average Bonchev–Trinajstić information content (AvgIpc) is 3.25. The van der Waals surface area contributed by atoms with Gasteiger partial charge < -0.3 is 15.0 Å². The first-order valence-electron chi connectivity index (χ1n) is 24.5. The Morgan fingerprint density at radius 3 is 1.80 bits per heavy atom. The summed E-state index contributed by atoms with van der Waals surface area (Å²) in [4.78, 5) is 2.67. The summed E-state index contributed by atoms with van der Waals surface area (Å²) in [6.07, 6.45) is 11.5. The number of benzene rings is 4. The fraction of sp³-hybridized carbons (Fsp3) is 0.500. The first kappa shape index (κ1) is 46.1. The van der Waals surface area contributed by atoms with Crippen LogP contribution in [0.2, 0.25) is 0 Å². The van der Waals surface area contributed by atoms with Crippen LogP contribution in [-0.2, 0) is 37.2 Å². The number of nitrogens with zero attached hydrogens (tertiary/aromatic N) is 1. The Hall–Kier alpha value is -4.44. The van der Waals surface area contributed by atoms with E-state index in [4.69, 9.17) is 4.74 Å². The van der Waals surface area contributed by atoms with E-state index in [9.17, 15) is 0 Å². The second-order valence-electron chi connectivity index (χ2n) is 25.1. The molecule has 0 bridgehead atoms. The van der Waals surface area contributed by atoms with Crippen molar-refractivity contribution in [2.75, 3.05) is 16.8 Å². The van der Waals surface area contributed by atoms with Gasteiger partial charge in [0.05, 0.1) is 5.66 Å². The normalized spacial score (nSPS) is 22.2. The van der Waals surface area contributed by atoms with Crippen LogP contribution in [0.3, 0.4) is 0 Å². The molecule has 0 amide bonds. The Labute approximate surface area is 389 Å². The number of aryl methyl sites for hydroxylation is 1. The van der Waals surface area contributed by atoms with Crippen molar-refractivity contribution in [3.8, 4) is 0 Å². The van der Waals surface area contributed by atoms with Crippen LogP contribution in [0.1, 0.15) is 182 Å². The van der Waals surface area contributed by atoms with Crippen molar-refractivity contribution >= 4 is 46.1 Å². The van der Waals surface area contributed by atoms with Gasteiger partial charge in [-0.2, -0.15) is 0 Å². The molecule has 4 heteroatoms. The maximum absolute atomic E-state index is 7.24. The summed E-state index contributed by atoms with van der Waals surface area (Å²) in [6.45, 7) is 43.2. The van der Waals surface area contributed by atoms with Crippen LogP contribution in [0.4, 0.5) is 28.4 Å². The number of hydrogen-bond acceptors (Lipinski definition) is 3. The van der Waals surface area contributed by atoms with E-state index in [1.807, 2.05) is 0 Å². The first-order chi connectivity index (χ1) is 29.6. The van der Waals surface area contributed by atoms with E-state index in [1.54, 1.807) is 0 Å². The molecule has 64 heavy (non-hydrogen) atoms. The molecule has 4 aliphatic rings. The summed E-state index contributed by atoms with van der Waals surface area (Å²) in [5.41, 5.74) is 22.2. The number of hydrogen-bond donors (Lipinski definition) is 1. The molecule has 0 saturated heterocycles. The van der Waals surface area contributed by atoms with Crippen molar-refractivity contribution in [2.45, 2.75) is 183 Å². The fourth-order valence-corrected chi connectivity index (χ4v) is 11.3. The fourth-order valence-electron chi connectivity index (χ4n) is 11.3. The number of rotatable bonds is 4. The standard InChI is InChI=1S/C60H79BN2O/c1-37-20-19-29-64-54(40(4)38(2)30-37)61-48-35-46-47(60(17,18)28-27-59(46,15)16)36-51(48)63(43-22-23-44-45(34-43)58(13,14)26-25-57(44,11)12)52-33-42(56(8,9)10)32-50(53(52)61)62-49-24-21-41(31-39(49)3)55(5,6)7/h19-24,30-36,38,62H,25-29H2,1-18H3/b20-19?,37-30?,54-40-. The Morgan fingerprint density at radius 1 is 0.625 bits per heavy atom. The molecule has 1 N–H and O–H groups in total. The summed E-state index contributed by atoms with van der Waals surface area (Å²) in [5, 5.41) is 4.17. The Morgan fingerprint density at radius 2 is 1.20 bits per heavy atom. The van der Waals surface area contributed by atoms with Crippen molar-refractivity contribution in [2.24, 2.45) is 5.92 Å². The van der Waals surface area contributed by atoms with Crippen LogP contribution < -0.4 is 21.1 Å². The van der Waals surface area contributed by atoms with E-state index in [2.05, 4.69) is 214 Å². The number of fused-ring (bicyclic) bond motifs is 4. The summed E-state index contributed by atoms with van der Waals surface area (Å²) in [6, 6.07) is 24.8. The van der Waals surface area contributed by atoms with Crippen LogP contribution in [0.25, 0.3) is 0 Å². The SMILES string of the molecule is CC1=CC(C)/C(C)=C(/B2c3cc4c(cc3N(c3ccc5c(c3)C(C)(C)CCC5(C)C)c3cc(C(C)(C)C)cc(Nc5ccc(C(C)(C)C)cc5C)c32)C(C)(C)CCC4(C)C)OCC=C1. The zero-order valence-electron chi connectivity index (χ0n) is 43.1. The minimum atomic E-state index is -0.159. The molecule has 0 spiro atoms. The molecular weight excluding hydrogens is 775 g/mol. The Kier molecular flexibility index (Phi) is 11.2. The zero-order valence-corrected chi connectivity index (χ0v) is 43.1. The van der Waals surface area contributed by atoms with Gasteiger partial charge in [-0.05, 0) is 183 Å². The highest BCUT2D eigenvalue weighted by Crippen LogP contribution is 2.52.